The van der Waals surface area contributed by atoms with E-state index in [0.29, 0.717) is 5.69 Å². The number of nitrogen functional groups attached to an aromatic ring is 1. The van der Waals surface area contributed by atoms with Crippen LogP contribution in [0.4, 0.5) is 5.88 Å². The van der Waals surface area contributed by atoms with Crippen molar-refractivity contribution in [1.29, 1.82) is 0 Å². The normalized spacial score (nSPS) is 10.9. The zero-order chi connectivity index (χ0) is 11.8. The van der Waals surface area contributed by atoms with Crippen LogP contribution in [0.5, 0.6) is 5.75 Å². The Kier molecular flexibility index (Phi) is 2.04. The first-order valence-corrected chi connectivity index (χ1v) is 5.16. The Morgan fingerprint density at radius 2 is 2.24 bits per heavy atom. The minimum absolute atomic E-state index is 0.287. The van der Waals surface area contributed by atoms with Gasteiger partial charge in [0.25, 0.3) is 0 Å². The molecule has 0 fully saturated rings. The van der Waals surface area contributed by atoms with Crippen molar-refractivity contribution >= 4 is 16.8 Å². The lowest BCUT2D eigenvalue weighted by molar-refractivity contribution is 0.414. The molecular weight excluding hydrogens is 218 g/mol. The fourth-order valence-electron chi connectivity index (χ4n) is 1.95. The van der Waals surface area contributed by atoms with Gasteiger partial charge in [0.15, 0.2) is 0 Å². The molecule has 5 nitrogen and oxygen atoms in total. The van der Waals surface area contributed by atoms with Crippen molar-refractivity contribution in [3.63, 3.8) is 0 Å². The van der Waals surface area contributed by atoms with Crippen LogP contribution in [0.2, 0.25) is 0 Å². The smallest absolute Gasteiger partial charge is 0.222 e. The largest absolute Gasteiger partial charge is 0.496 e. The summed E-state index contributed by atoms with van der Waals surface area (Å²) in [6.45, 7) is 0. The van der Waals surface area contributed by atoms with Crippen molar-refractivity contribution in [2.75, 3.05) is 12.8 Å². The summed E-state index contributed by atoms with van der Waals surface area (Å²) >= 11 is 0. The maximum absolute atomic E-state index is 5.55. The summed E-state index contributed by atoms with van der Waals surface area (Å²) in [6.07, 6.45) is 1.87. The highest BCUT2D eigenvalue weighted by molar-refractivity contribution is 5.97. The number of methoxy groups -OCH3 is 1. The van der Waals surface area contributed by atoms with E-state index in [1.54, 1.807) is 13.2 Å². The SMILES string of the molecule is COc1ccc2[nH]ccc2c1-c1cc(N)on1. The number of nitrogens with zero attached hydrogens (tertiary/aromatic N) is 1. The Bertz CT molecular complexity index is 669. The van der Waals surface area contributed by atoms with E-state index in [-0.39, 0.29) is 5.88 Å². The molecule has 5 heteroatoms. The van der Waals surface area contributed by atoms with E-state index in [2.05, 4.69) is 10.1 Å². The minimum atomic E-state index is 0.287. The van der Waals surface area contributed by atoms with Gasteiger partial charge < -0.3 is 20.0 Å². The van der Waals surface area contributed by atoms with Crippen LogP contribution in [-0.2, 0) is 0 Å². The third-order valence-electron chi connectivity index (χ3n) is 2.70. The predicted molar refractivity (Wildman–Crippen MR) is 64.8 cm³/mol. The molecule has 0 amide bonds. The van der Waals surface area contributed by atoms with Crippen LogP contribution >= 0.6 is 0 Å². The molecule has 0 saturated heterocycles. The van der Waals surface area contributed by atoms with Crippen molar-refractivity contribution in [1.82, 2.24) is 10.1 Å². The zero-order valence-electron chi connectivity index (χ0n) is 9.23. The molecule has 1 aromatic carbocycles. The summed E-state index contributed by atoms with van der Waals surface area (Å²) in [4.78, 5) is 3.14. The van der Waals surface area contributed by atoms with Crippen molar-refractivity contribution in [3.8, 4) is 17.0 Å². The summed E-state index contributed by atoms with van der Waals surface area (Å²) in [5.74, 6) is 1.03. The summed E-state index contributed by atoms with van der Waals surface area (Å²) in [7, 11) is 1.63. The molecular formula is C12H11N3O2. The second kappa shape index (κ2) is 3.55. The fourth-order valence-corrected chi connectivity index (χ4v) is 1.95. The highest BCUT2D eigenvalue weighted by Crippen LogP contribution is 2.36. The van der Waals surface area contributed by atoms with Gasteiger partial charge in [-0.15, -0.1) is 0 Å². The first-order chi connectivity index (χ1) is 8.29. The lowest BCUT2D eigenvalue weighted by atomic mass is 10.1. The molecule has 3 aromatic rings. The van der Waals surface area contributed by atoms with Crippen molar-refractivity contribution < 1.29 is 9.26 Å². The average molecular weight is 229 g/mol. The van der Waals surface area contributed by atoms with Crippen molar-refractivity contribution in [3.05, 3.63) is 30.5 Å². The molecule has 0 saturated carbocycles. The second-order valence-corrected chi connectivity index (χ2v) is 3.70. The predicted octanol–water partition coefficient (Wildman–Crippen LogP) is 2.41. The third kappa shape index (κ3) is 1.44. The second-order valence-electron chi connectivity index (χ2n) is 3.70. The molecule has 2 heterocycles. The van der Waals surface area contributed by atoms with Gasteiger partial charge in [0.2, 0.25) is 5.88 Å². The molecule has 0 spiro atoms. The average Bonchev–Trinajstić information content (AvgIpc) is 2.95. The van der Waals surface area contributed by atoms with Gasteiger partial charge in [0.05, 0.1) is 12.7 Å². The van der Waals surface area contributed by atoms with E-state index in [1.807, 2.05) is 24.4 Å². The molecule has 3 N–H and O–H groups in total. The molecule has 0 bridgehead atoms. The van der Waals surface area contributed by atoms with Gasteiger partial charge in [0, 0.05) is 23.2 Å². The maximum atomic E-state index is 5.55. The van der Waals surface area contributed by atoms with Crippen LogP contribution in [0.1, 0.15) is 0 Å². The monoisotopic (exact) mass is 229 g/mol. The number of benzene rings is 1. The maximum Gasteiger partial charge on any atom is 0.222 e. The summed E-state index contributed by atoms with van der Waals surface area (Å²) < 4.78 is 10.3. The van der Waals surface area contributed by atoms with Crippen LogP contribution in [-0.4, -0.2) is 17.3 Å². The van der Waals surface area contributed by atoms with Gasteiger partial charge >= 0.3 is 0 Å². The molecule has 0 radical (unpaired) electrons. The summed E-state index contributed by atoms with van der Waals surface area (Å²) in [5.41, 5.74) is 8.12. The summed E-state index contributed by atoms with van der Waals surface area (Å²) in [6, 6.07) is 7.50. The molecule has 0 unspecified atom stereocenters. The van der Waals surface area contributed by atoms with Crippen LogP contribution < -0.4 is 10.5 Å². The Morgan fingerprint density at radius 1 is 1.35 bits per heavy atom. The Morgan fingerprint density at radius 3 is 2.94 bits per heavy atom. The number of aromatic amines is 1. The summed E-state index contributed by atoms with van der Waals surface area (Å²) in [5, 5.41) is 4.96. The first-order valence-electron chi connectivity index (χ1n) is 5.16. The highest BCUT2D eigenvalue weighted by Gasteiger charge is 2.14. The molecule has 0 aliphatic heterocycles. The van der Waals surface area contributed by atoms with Crippen LogP contribution in [0.3, 0.4) is 0 Å². The van der Waals surface area contributed by atoms with Gasteiger partial charge in [-0.3, -0.25) is 0 Å². The molecule has 0 aliphatic rings. The van der Waals surface area contributed by atoms with Crippen molar-refractivity contribution in [2.45, 2.75) is 0 Å². The number of nitrogens with one attached hydrogen (secondary N) is 1. The van der Waals surface area contributed by atoms with E-state index in [1.165, 1.54) is 0 Å². The van der Waals surface area contributed by atoms with Gasteiger partial charge in [0.1, 0.15) is 11.4 Å². The number of H-pyrrole nitrogens is 1. The van der Waals surface area contributed by atoms with Gasteiger partial charge in [-0.05, 0) is 18.2 Å². The number of fused-ring (bicyclic) bond motifs is 1. The van der Waals surface area contributed by atoms with E-state index in [9.17, 15) is 0 Å². The van der Waals surface area contributed by atoms with E-state index < -0.39 is 0 Å². The van der Waals surface area contributed by atoms with Crippen LogP contribution in [0, 0.1) is 0 Å². The molecule has 0 aliphatic carbocycles. The Labute approximate surface area is 97.2 Å². The third-order valence-corrected chi connectivity index (χ3v) is 2.70. The lowest BCUT2D eigenvalue weighted by Crippen LogP contribution is -1.88. The molecule has 2 aromatic heterocycles. The number of rotatable bonds is 2. The van der Waals surface area contributed by atoms with E-state index in [4.69, 9.17) is 15.0 Å². The number of hydrogen-bond donors (Lipinski definition) is 2. The first kappa shape index (κ1) is 9.77. The van der Waals surface area contributed by atoms with Gasteiger partial charge in [-0.25, -0.2) is 0 Å². The van der Waals surface area contributed by atoms with E-state index in [0.717, 1.165) is 22.2 Å². The fraction of sp³-hybridized carbons (Fsp3) is 0.0833. The lowest BCUT2D eigenvalue weighted by Gasteiger charge is -2.06. The Balaban J connectivity index is 2.35. The van der Waals surface area contributed by atoms with E-state index >= 15 is 0 Å². The molecule has 3 rings (SSSR count). The highest BCUT2D eigenvalue weighted by atomic mass is 16.5. The molecule has 0 atom stereocenters. The molecule has 17 heavy (non-hydrogen) atoms. The number of nitrogens with two attached hydrogens (primary N) is 1. The van der Waals surface area contributed by atoms with Gasteiger partial charge in [-0.2, -0.15) is 0 Å². The van der Waals surface area contributed by atoms with Crippen LogP contribution in [0.15, 0.2) is 35.0 Å². The number of aromatic nitrogens is 2. The number of hydrogen-bond acceptors (Lipinski definition) is 4. The Hall–Kier alpha value is -2.43. The molecule has 86 valence electrons. The van der Waals surface area contributed by atoms with Gasteiger partial charge in [-0.1, -0.05) is 5.16 Å². The van der Waals surface area contributed by atoms with Crippen LogP contribution in [0.25, 0.3) is 22.2 Å². The minimum Gasteiger partial charge on any atom is -0.496 e. The topological polar surface area (TPSA) is 77.1 Å². The standard InChI is InChI=1S/C12H11N3O2/c1-16-10-3-2-8-7(4-5-14-8)12(10)9-6-11(13)17-15-9/h2-6,14H,13H2,1H3. The number of ether oxygens (including phenoxy) is 1. The zero-order valence-corrected chi connectivity index (χ0v) is 9.23. The number of anilines is 1. The van der Waals surface area contributed by atoms with Crippen molar-refractivity contribution in [2.24, 2.45) is 0 Å². The quantitative estimate of drug-likeness (QED) is 0.707.